The number of nitrogens with one attached hydrogen (secondary N) is 2. The first-order valence-electron chi connectivity index (χ1n) is 6.37. The second kappa shape index (κ2) is 7.53. The van der Waals surface area contributed by atoms with Crippen molar-refractivity contribution in [3.63, 3.8) is 0 Å². The Morgan fingerprint density at radius 3 is 2.37 bits per heavy atom. The van der Waals surface area contributed by atoms with Crippen molar-refractivity contribution < 1.29 is 9.59 Å². The minimum absolute atomic E-state index is 0.223. The molecule has 4 N–H and O–H groups in total. The monoisotopic (exact) mass is 263 g/mol. The second-order valence-corrected chi connectivity index (χ2v) is 4.94. The van der Waals surface area contributed by atoms with Gasteiger partial charge in [0.15, 0.2) is 0 Å². The van der Waals surface area contributed by atoms with E-state index in [0.29, 0.717) is 12.3 Å². The van der Waals surface area contributed by atoms with Crippen molar-refractivity contribution in [2.45, 2.75) is 32.7 Å². The third-order valence-corrected chi connectivity index (χ3v) is 2.59. The quantitative estimate of drug-likeness (QED) is 0.685. The summed E-state index contributed by atoms with van der Waals surface area (Å²) < 4.78 is 0. The average molecular weight is 263 g/mol. The maximum absolute atomic E-state index is 11.6. The van der Waals surface area contributed by atoms with Crippen molar-refractivity contribution in [2.24, 2.45) is 11.7 Å². The Morgan fingerprint density at radius 2 is 1.79 bits per heavy atom. The molecule has 0 aliphatic heterocycles. The summed E-state index contributed by atoms with van der Waals surface area (Å²) >= 11 is 0. The molecule has 5 heteroatoms. The molecule has 0 fully saturated rings. The molecule has 0 saturated heterocycles. The molecule has 0 aliphatic carbocycles. The van der Waals surface area contributed by atoms with E-state index in [1.807, 2.05) is 44.2 Å². The summed E-state index contributed by atoms with van der Waals surface area (Å²) in [4.78, 5) is 23.2. The number of hydrazine groups is 1. The van der Waals surface area contributed by atoms with E-state index in [-0.39, 0.29) is 18.2 Å². The van der Waals surface area contributed by atoms with E-state index in [1.165, 1.54) is 0 Å². The molecule has 1 aromatic carbocycles. The molecule has 5 nitrogen and oxygen atoms in total. The van der Waals surface area contributed by atoms with Gasteiger partial charge in [0.1, 0.15) is 0 Å². The van der Waals surface area contributed by atoms with E-state index < -0.39 is 6.04 Å². The molecule has 0 aliphatic rings. The highest BCUT2D eigenvalue weighted by molar-refractivity contribution is 5.85. The van der Waals surface area contributed by atoms with E-state index in [0.717, 1.165) is 5.56 Å². The highest BCUT2D eigenvalue weighted by Gasteiger charge is 2.15. The zero-order valence-electron chi connectivity index (χ0n) is 11.3. The van der Waals surface area contributed by atoms with Crippen LogP contribution in [0.2, 0.25) is 0 Å². The van der Waals surface area contributed by atoms with Crippen LogP contribution in [0.5, 0.6) is 0 Å². The van der Waals surface area contributed by atoms with Gasteiger partial charge in [0, 0.05) is 0 Å². The molecule has 0 bridgehead atoms. The zero-order valence-corrected chi connectivity index (χ0v) is 11.3. The molecule has 19 heavy (non-hydrogen) atoms. The highest BCUT2D eigenvalue weighted by atomic mass is 16.2. The second-order valence-electron chi connectivity index (χ2n) is 4.94. The molecule has 0 radical (unpaired) electrons. The minimum Gasteiger partial charge on any atom is -0.320 e. The summed E-state index contributed by atoms with van der Waals surface area (Å²) in [7, 11) is 0. The first-order valence-corrected chi connectivity index (χ1v) is 6.37. The Morgan fingerprint density at radius 1 is 1.16 bits per heavy atom. The Bertz CT molecular complexity index is 418. The number of nitrogens with two attached hydrogens (primary N) is 1. The van der Waals surface area contributed by atoms with Gasteiger partial charge < -0.3 is 5.73 Å². The van der Waals surface area contributed by atoms with Crippen molar-refractivity contribution in [2.75, 3.05) is 0 Å². The minimum atomic E-state index is -0.600. The predicted molar refractivity (Wildman–Crippen MR) is 73.9 cm³/mol. The Balaban J connectivity index is 2.32. The third kappa shape index (κ3) is 6.01. The smallest absolute Gasteiger partial charge is 0.255 e. The number of rotatable bonds is 5. The van der Waals surface area contributed by atoms with Gasteiger partial charge in [0.05, 0.1) is 12.5 Å². The van der Waals surface area contributed by atoms with Gasteiger partial charge in [-0.2, -0.15) is 0 Å². The average Bonchev–Trinajstić information content (AvgIpc) is 2.36. The number of hydrogen-bond donors (Lipinski definition) is 3. The number of benzene rings is 1. The van der Waals surface area contributed by atoms with Crippen molar-refractivity contribution >= 4 is 11.8 Å². The van der Waals surface area contributed by atoms with E-state index in [4.69, 9.17) is 5.73 Å². The van der Waals surface area contributed by atoms with Crippen LogP contribution in [0, 0.1) is 5.92 Å². The molecule has 0 saturated carbocycles. The summed E-state index contributed by atoms with van der Waals surface area (Å²) in [6.07, 6.45) is 0.806. The molecule has 0 aromatic heterocycles. The molecule has 0 unspecified atom stereocenters. The lowest BCUT2D eigenvalue weighted by molar-refractivity contribution is -0.129. The zero-order chi connectivity index (χ0) is 14.3. The van der Waals surface area contributed by atoms with E-state index in [1.54, 1.807) is 0 Å². The van der Waals surface area contributed by atoms with Gasteiger partial charge in [-0.05, 0) is 17.9 Å². The van der Waals surface area contributed by atoms with Crippen LogP contribution in [0.25, 0.3) is 0 Å². The fourth-order valence-electron chi connectivity index (χ4n) is 1.66. The van der Waals surface area contributed by atoms with Crippen molar-refractivity contribution in [3.05, 3.63) is 35.9 Å². The maximum Gasteiger partial charge on any atom is 0.255 e. The summed E-state index contributed by atoms with van der Waals surface area (Å²) in [6.45, 7) is 3.97. The summed E-state index contributed by atoms with van der Waals surface area (Å²) in [5.41, 5.74) is 11.3. The highest BCUT2D eigenvalue weighted by Crippen LogP contribution is 2.02. The summed E-state index contributed by atoms with van der Waals surface area (Å²) in [6, 6.07) is 8.71. The molecular weight excluding hydrogens is 242 g/mol. The fourth-order valence-corrected chi connectivity index (χ4v) is 1.66. The van der Waals surface area contributed by atoms with Gasteiger partial charge in [-0.1, -0.05) is 44.2 Å². The SMILES string of the molecule is CC(C)C[C@@H](N)C(=O)NNC(=O)Cc1ccccc1. The molecular formula is C14H21N3O2. The number of amides is 2. The van der Waals surface area contributed by atoms with E-state index in [2.05, 4.69) is 10.9 Å². The summed E-state index contributed by atoms with van der Waals surface area (Å²) in [5.74, 6) is -0.299. The Labute approximate surface area is 113 Å². The topological polar surface area (TPSA) is 84.2 Å². The lowest BCUT2D eigenvalue weighted by Crippen LogP contribution is -2.50. The standard InChI is InChI=1S/C14H21N3O2/c1-10(2)8-12(15)14(19)17-16-13(18)9-11-6-4-3-5-7-11/h3-7,10,12H,8-9,15H2,1-2H3,(H,16,18)(H,17,19)/t12-/m1/s1. The van der Waals surface area contributed by atoms with Crippen LogP contribution in [0.15, 0.2) is 30.3 Å². The van der Waals surface area contributed by atoms with Gasteiger partial charge in [-0.15, -0.1) is 0 Å². The third-order valence-electron chi connectivity index (χ3n) is 2.59. The van der Waals surface area contributed by atoms with Gasteiger partial charge in [0.2, 0.25) is 5.91 Å². The Kier molecular flexibility index (Phi) is 6.02. The predicted octanol–water partition coefficient (Wildman–Crippen LogP) is 0.750. The van der Waals surface area contributed by atoms with E-state index >= 15 is 0 Å². The van der Waals surface area contributed by atoms with Gasteiger partial charge in [-0.25, -0.2) is 0 Å². The van der Waals surface area contributed by atoms with Crippen LogP contribution in [0.4, 0.5) is 0 Å². The summed E-state index contributed by atoms with van der Waals surface area (Å²) in [5, 5.41) is 0. The van der Waals surface area contributed by atoms with Gasteiger partial charge in [-0.3, -0.25) is 20.4 Å². The molecule has 0 spiro atoms. The molecule has 1 atom stereocenters. The van der Waals surface area contributed by atoms with Crippen molar-refractivity contribution in [1.82, 2.24) is 10.9 Å². The lowest BCUT2D eigenvalue weighted by Gasteiger charge is -2.14. The first-order chi connectivity index (χ1) is 8.99. The molecule has 2 amide bonds. The number of carbonyl (C=O) groups excluding carboxylic acids is 2. The number of carbonyl (C=O) groups is 2. The van der Waals surface area contributed by atoms with Crippen LogP contribution in [-0.2, 0) is 16.0 Å². The van der Waals surface area contributed by atoms with Crippen LogP contribution < -0.4 is 16.6 Å². The van der Waals surface area contributed by atoms with Crippen LogP contribution in [0.3, 0.4) is 0 Å². The normalized spacial score (nSPS) is 12.0. The maximum atomic E-state index is 11.6. The molecule has 1 rings (SSSR count). The molecule has 104 valence electrons. The van der Waals surface area contributed by atoms with Crippen LogP contribution in [0.1, 0.15) is 25.8 Å². The van der Waals surface area contributed by atoms with Crippen molar-refractivity contribution in [1.29, 1.82) is 0 Å². The molecule has 0 heterocycles. The van der Waals surface area contributed by atoms with E-state index in [9.17, 15) is 9.59 Å². The lowest BCUT2D eigenvalue weighted by atomic mass is 10.0. The van der Waals surface area contributed by atoms with Gasteiger partial charge in [0.25, 0.3) is 5.91 Å². The van der Waals surface area contributed by atoms with Crippen LogP contribution in [-0.4, -0.2) is 17.9 Å². The van der Waals surface area contributed by atoms with Crippen molar-refractivity contribution in [3.8, 4) is 0 Å². The first kappa shape index (κ1) is 15.2. The largest absolute Gasteiger partial charge is 0.320 e. The fraction of sp³-hybridized carbons (Fsp3) is 0.429. The van der Waals surface area contributed by atoms with Gasteiger partial charge >= 0.3 is 0 Å². The number of hydrogen-bond acceptors (Lipinski definition) is 3. The molecule has 1 aromatic rings. The van der Waals surface area contributed by atoms with Crippen LogP contribution >= 0.6 is 0 Å². The Hall–Kier alpha value is -1.88.